The van der Waals surface area contributed by atoms with E-state index in [4.69, 9.17) is 9.47 Å². The lowest BCUT2D eigenvalue weighted by Crippen LogP contribution is -2.43. The third kappa shape index (κ3) is 19.4. The van der Waals surface area contributed by atoms with Gasteiger partial charge in [-0.25, -0.2) is 13.2 Å². The van der Waals surface area contributed by atoms with Crippen molar-refractivity contribution in [1.82, 2.24) is 16.0 Å². The molecule has 0 aromatic heterocycles. The van der Waals surface area contributed by atoms with Crippen LogP contribution in [-0.4, -0.2) is 78.0 Å². The summed E-state index contributed by atoms with van der Waals surface area (Å²) in [6, 6.07) is 0. The lowest BCUT2D eigenvalue weighted by atomic mass is 10.2. The van der Waals surface area contributed by atoms with Crippen molar-refractivity contribution >= 4 is 45.9 Å². The van der Waals surface area contributed by atoms with Gasteiger partial charge in [0, 0.05) is 32.9 Å². The summed E-state index contributed by atoms with van der Waals surface area (Å²) in [5, 5.41) is 8.66. The number of nitrogens with one attached hydrogen (secondary N) is 3. The van der Waals surface area contributed by atoms with Gasteiger partial charge in [-0.15, -0.1) is 24.0 Å². The monoisotopic (exact) mass is 494 g/mol. The van der Waals surface area contributed by atoms with Crippen LogP contribution in [0.25, 0.3) is 0 Å². The van der Waals surface area contributed by atoms with Crippen molar-refractivity contribution < 1.29 is 22.7 Å². The third-order valence-corrected chi connectivity index (χ3v) is 3.35. The number of alkyl carbamates (subject to hydrolysis) is 1. The number of amides is 1. The Kier molecular flexibility index (Phi) is 14.1. The Labute approximate surface area is 167 Å². The number of carbonyl (C=O) groups excluding carboxylic acids is 1. The average molecular weight is 494 g/mol. The normalized spacial score (nSPS) is 12.1. The Balaban J connectivity index is 0. The highest BCUT2D eigenvalue weighted by Crippen LogP contribution is 2.05. The minimum atomic E-state index is -2.99. The van der Waals surface area contributed by atoms with Crippen molar-refractivity contribution in [2.75, 3.05) is 51.9 Å². The van der Waals surface area contributed by atoms with Gasteiger partial charge >= 0.3 is 6.09 Å². The van der Waals surface area contributed by atoms with Crippen LogP contribution in [0.3, 0.4) is 0 Å². The minimum Gasteiger partial charge on any atom is -0.444 e. The van der Waals surface area contributed by atoms with Crippen LogP contribution in [0.15, 0.2) is 4.99 Å². The van der Waals surface area contributed by atoms with Gasteiger partial charge in [-0.2, -0.15) is 0 Å². The molecule has 0 fully saturated rings. The topological polar surface area (TPSA) is 118 Å². The molecule has 9 nitrogen and oxygen atoms in total. The first-order valence-electron chi connectivity index (χ1n) is 7.70. The average Bonchev–Trinajstić information content (AvgIpc) is 2.41. The molecule has 11 heteroatoms. The van der Waals surface area contributed by atoms with E-state index in [0.29, 0.717) is 32.2 Å². The highest BCUT2D eigenvalue weighted by atomic mass is 127. The van der Waals surface area contributed by atoms with Gasteiger partial charge in [-0.3, -0.25) is 4.99 Å². The zero-order chi connectivity index (χ0) is 18.6. The number of halogens is 1. The van der Waals surface area contributed by atoms with Gasteiger partial charge in [0.2, 0.25) is 0 Å². The highest BCUT2D eigenvalue weighted by molar-refractivity contribution is 14.0. The predicted molar refractivity (Wildman–Crippen MR) is 110 cm³/mol. The van der Waals surface area contributed by atoms with Crippen molar-refractivity contribution in [2.24, 2.45) is 4.99 Å². The van der Waals surface area contributed by atoms with Gasteiger partial charge < -0.3 is 25.4 Å². The SMILES string of the molecule is CN=C(NCCNC(=O)OC(C)(C)C)NCCOCCS(C)(=O)=O.I. The van der Waals surface area contributed by atoms with Gasteiger partial charge in [0.15, 0.2) is 5.96 Å². The van der Waals surface area contributed by atoms with E-state index in [0.717, 1.165) is 0 Å². The zero-order valence-corrected chi connectivity index (χ0v) is 18.7. The molecule has 0 heterocycles. The minimum absolute atomic E-state index is 0. The van der Waals surface area contributed by atoms with Crippen molar-refractivity contribution in [3.8, 4) is 0 Å². The fraction of sp³-hybridized carbons (Fsp3) is 0.857. The summed E-state index contributed by atoms with van der Waals surface area (Å²) in [4.78, 5) is 15.5. The Morgan fingerprint density at radius 3 is 2.12 bits per heavy atom. The number of carbonyl (C=O) groups is 1. The number of rotatable bonds is 9. The summed E-state index contributed by atoms with van der Waals surface area (Å²) >= 11 is 0. The number of hydrogen-bond acceptors (Lipinski definition) is 6. The highest BCUT2D eigenvalue weighted by Gasteiger charge is 2.15. The molecule has 0 aromatic carbocycles. The van der Waals surface area contributed by atoms with Crippen LogP contribution in [0, 0.1) is 0 Å². The maximum absolute atomic E-state index is 11.4. The van der Waals surface area contributed by atoms with Crippen LogP contribution < -0.4 is 16.0 Å². The maximum Gasteiger partial charge on any atom is 0.407 e. The summed E-state index contributed by atoms with van der Waals surface area (Å²) in [5.41, 5.74) is -0.522. The summed E-state index contributed by atoms with van der Waals surface area (Å²) < 4.78 is 32.2. The van der Waals surface area contributed by atoms with Crippen molar-refractivity contribution in [2.45, 2.75) is 26.4 Å². The van der Waals surface area contributed by atoms with Crippen LogP contribution in [0.2, 0.25) is 0 Å². The standard InChI is InChI=1S/C14H30N4O5S.HI/c1-14(2,3)23-13(19)18-7-6-16-12(15-4)17-8-9-22-10-11-24(5,20)21;/h6-11H2,1-5H3,(H,18,19)(H2,15,16,17);1H. The van der Waals surface area contributed by atoms with E-state index in [2.05, 4.69) is 20.9 Å². The smallest absolute Gasteiger partial charge is 0.407 e. The molecule has 0 bridgehead atoms. The summed E-state index contributed by atoms with van der Waals surface area (Å²) in [6.45, 7) is 7.30. The number of nitrogens with zero attached hydrogens (tertiary/aromatic N) is 1. The van der Waals surface area contributed by atoms with E-state index in [-0.39, 0.29) is 36.3 Å². The summed E-state index contributed by atoms with van der Waals surface area (Å²) in [5.74, 6) is 0.573. The first kappa shape index (κ1) is 26.4. The van der Waals surface area contributed by atoms with E-state index in [9.17, 15) is 13.2 Å². The Morgan fingerprint density at radius 2 is 1.60 bits per heavy atom. The van der Waals surface area contributed by atoms with Crippen molar-refractivity contribution in [3.63, 3.8) is 0 Å². The number of hydrogen-bond donors (Lipinski definition) is 3. The molecular weight excluding hydrogens is 463 g/mol. The van der Waals surface area contributed by atoms with Gasteiger partial charge in [-0.05, 0) is 20.8 Å². The van der Waals surface area contributed by atoms with Crippen LogP contribution in [0.1, 0.15) is 20.8 Å². The second-order valence-corrected chi connectivity index (χ2v) is 8.36. The molecule has 0 aliphatic heterocycles. The number of sulfone groups is 1. The molecule has 0 unspecified atom stereocenters. The molecule has 25 heavy (non-hydrogen) atoms. The molecule has 3 N–H and O–H groups in total. The lowest BCUT2D eigenvalue weighted by Gasteiger charge is -2.19. The van der Waals surface area contributed by atoms with Crippen LogP contribution >= 0.6 is 24.0 Å². The molecule has 0 aliphatic carbocycles. The van der Waals surface area contributed by atoms with Gasteiger partial charge in [0.05, 0.1) is 19.0 Å². The molecule has 0 rings (SSSR count). The fourth-order valence-electron chi connectivity index (χ4n) is 1.43. The number of aliphatic imine (C=N–C) groups is 1. The summed E-state index contributed by atoms with van der Waals surface area (Å²) in [7, 11) is -1.37. The van der Waals surface area contributed by atoms with Crippen LogP contribution in [0.5, 0.6) is 0 Å². The fourth-order valence-corrected chi connectivity index (χ4v) is 1.85. The molecule has 150 valence electrons. The van der Waals surface area contributed by atoms with Crippen molar-refractivity contribution in [3.05, 3.63) is 0 Å². The van der Waals surface area contributed by atoms with Crippen molar-refractivity contribution in [1.29, 1.82) is 0 Å². The maximum atomic E-state index is 11.4. The Morgan fingerprint density at radius 1 is 1.04 bits per heavy atom. The molecular formula is C14H31IN4O5S. The molecule has 0 aliphatic rings. The van der Waals surface area contributed by atoms with E-state index >= 15 is 0 Å². The molecule has 0 radical (unpaired) electrons. The quantitative estimate of drug-likeness (QED) is 0.183. The second kappa shape index (κ2) is 13.4. The second-order valence-electron chi connectivity index (χ2n) is 6.10. The zero-order valence-electron chi connectivity index (χ0n) is 15.5. The molecule has 0 saturated heterocycles. The predicted octanol–water partition coefficient (Wildman–Crippen LogP) is 0.355. The van der Waals surface area contributed by atoms with E-state index < -0.39 is 21.5 Å². The third-order valence-electron chi connectivity index (χ3n) is 2.45. The molecule has 0 aromatic rings. The van der Waals surface area contributed by atoms with E-state index in [1.807, 2.05) is 0 Å². The Hall–Kier alpha value is -0.820. The Bertz CT molecular complexity index is 506. The van der Waals surface area contributed by atoms with Crippen LogP contribution in [-0.2, 0) is 19.3 Å². The van der Waals surface area contributed by atoms with E-state index in [1.54, 1.807) is 27.8 Å². The number of guanidine groups is 1. The van der Waals surface area contributed by atoms with Gasteiger partial charge in [-0.1, -0.05) is 0 Å². The lowest BCUT2D eigenvalue weighted by molar-refractivity contribution is 0.0529. The first-order chi connectivity index (χ1) is 11.0. The molecule has 0 spiro atoms. The molecule has 1 amide bonds. The largest absolute Gasteiger partial charge is 0.444 e. The van der Waals surface area contributed by atoms with Gasteiger partial charge in [0.25, 0.3) is 0 Å². The molecule has 0 saturated carbocycles. The molecule has 0 atom stereocenters. The summed E-state index contributed by atoms with van der Waals surface area (Å²) in [6.07, 6.45) is 0.706. The van der Waals surface area contributed by atoms with Crippen LogP contribution in [0.4, 0.5) is 4.79 Å². The number of ether oxygens (including phenoxy) is 2. The first-order valence-corrected chi connectivity index (χ1v) is 9.76. The van der Waals surface area contributed by atoms with E-state index in [1.165, 1.54) is 6.26 Å². The van der Waals surface area contributed by atoms with Gasteiger partial charge in [0.1, 0.15) is 15.4 Å².